The maximum Gasteiger partial charge on any atom is 0.295 e. The maximum atomic E-state index is 14.4. The second-order valence-electron chi connectivity index (χ2n) is 8.64. The number of ether oxygens (including phenoxy) is 2. The van der Waals surface area contributed by atoms with Gasteiger partial charge in [0.2, 0.25) is 0 Å². The molecule has 2 aromatic carbocycles. The van der Waals surface area contributed by atoms with E-state index in [0.29, 0.717) is 31.0 Å². The molecule has 1 atom stereocenters. The first-order valence-electron chi connectivity index (χ1n) is 12.4. The number of aliphatic hydroxyl groups excluding tert-OH is 1. The second kappa shape index (κ2) is 12.5. The van der Waals surface area contributed by atoms with E-state index in [4.69, 9.17) is 9.47 Å². The number of amides is 1. The Morgan fingerprint density at radius 3 is 2.36 bits per heavy atom. The molecule has 0 radical (unpaired) electrons. The largest absolute Gasteiger partial charge is 0.507 e. The first-order valence-corrected chi connectivity index (χ1v) is 12.4. The van der Waals surface area contributed by atoms with Crippen molar-refractivity contribution in [1.29, 1.82) is 0 Å². The van der Waals surface area contributed by atoms with Crippen LogP contribution in [0.1, 0.15) is 50.8 Å². The Morgan fingerprint density at radius 2 is 1.78 bits per heavy atom. The van der Waals surface area contributed by atoms with Crippen LogP contribution in [-0.4, -0.2) is 66.5 Å². The lowest BCUT2D eigenvalue weighted by molar-refractivity contribution is -0.140. The van der Waals surface area contributed by atoms with Crippen LogP contribution in [0.3, 0.4) is 0 Å². The number of carbonyl (C=O) groups excluding carboxylic acids is 2. The molecule has 0 saturated carbocycles. The molecule has 0 aromatic heterocycles. The van der Waals surface area contributed by atoms with Crippen LogP contribution in [0, 0.1) is 5.82 Å². The van der Waals surface area contributed by atoms with Gasteiger partial charge < -0.3 is 24.4 Å². The molecule has 0 unspecified atom stereocenters. The van der Waals surface area contributed by atoms with Gasteiger partial charge in [0.15, 0.2) is 11.6 Å². The van der Waals surface area contributed by atoms with E-state index in [0.717, 1.165) is 32.0 Å². The Balaban J connectivity index is 2.04. The summed E-state index contributed by atoms with van der Waals surface area (Å²) in [6.45, 7) is 9.24. The van der Waals surface area contributed by atoms with Gasteiger partial charge in [-0.3, -0.25) is 9.59 Å². The monoisotopic (exact) mass is 498 g/mol. The van der Waals surface area contributed by atoms with Crippen molar-refractivity contribution in [3.63, 3.8) is 0 Å². The van der Waals surface area contributed by atoms with Crippen LogP contribution < -0.4 is 9.47 Å². The highest BCUT2D eigenvalue weighted by Crippen LogP contribution is 2.40. The Kier molecular flexibility index (Phi) is 9.47. The minimum atomic E-state index is -0.810. The van der Waals surface area contributed by atoms with Gasteiger partial charge in [-0.15, -0.1) is 0 Å². The minimum Gasteiger partial charge on any atom is -0.507 e. The Labute approximate surface area is 212 Å². The molecule has 1 amide bonds. The molecule has 8 heteroatoms. The number of nitrogens with zero attached hydrogens (tertiary/aromatic N) is 2. The van der Waals surface area contributed by atoms with Crippen LogP contribution in [0.4, 0.5) is 4.39 Å². The fourth-order valence-electron chi connectivity index (χ4n) is 4.30. The van der Waals surface area contributed by atoms with Crippen molar-refractivity contribution in [2.45, 2.75) is 39.7 Å². The van der Waals surface area contributed by atoms with E-state index in [1.54, 1.807) is 24.3 Å². The van der Waals surface area contributed by atoms with Gasteiger partial charge in [-0.2, -0.15) is 0 Å². The second-order valence-corrected chi connectivity index (χ2v) is 8.64. The summed E-state index contributed by atoms with van der Waals surface area (Å²) >= 11 is 0. The summed E-state index contributed by atoms with van der Waals surface area (Å²) < 4.78 is 25.1. The zero-order chi connectivity index (χ0) is 26.2. The molecule has 0 bridgehead atoms. The number of ketones is 1. The number of benzene rings is 2. The van der Waals surface area contributed by atoms with Gasteiger partial charge in [-0.1, -0.05) is 39.3 Å². The molecule has 1 heterocycles. The van der Waals surface area contributed by atoms with E-state index in [-0.39, 0.29) is 16.9 Å². The number of rotatable bonds is 12. The summed E-state index contributed by atoms with van der Waals surface area (Å²) in [7, 11) is 1.34. The highest BCUT2D eigenvalue weighted by Gasteiger charge is 2.46. The number of Topliss-reactive ketones (excluding diaryl/α,β-unsaturated/α-hetero) is 1. The summed E-state index contributed by atoms with van der Waals surface area (Å²) in [6.07, 6.45) is 1.96. The lowest BCUT2D eigenvalue weighted by Crippen LogP contribution is -2.38. The zero-order valence-corrected chi connectivity index (χ0v) is 21.4. The van der Waals surface area contributed by atoms with Gasteiger partial charge in [-0.05, 0) is 55.4 Å². The predicted molar refractivity (Wildman–Crippen MR) is 137 cm³/mol. The summed E-state index contributed by atoms with van der Waals surface area (Å²) in [5.74, 6) is -1.88. The first kappa shape index (κ1) is 27.2. The third-order valence-corrected chi connectivity index (χ3v) is 6.48. The summed E-state index contributed by atoms with van der Waals surface area (Å²) in [6, 6.07) is 10.3. The van der Waals surface area contributed by atoms with Gasteiger partial charge in [-0.25, -0.2) is 4.39 Å². The van der Waals surface area contributed by atoms with Crippen LogP contribution in [0.2, 0.25) is 0 Å². The predicted octanol–water partition coefficient (Wildman–Crippen LogP) is 4.78. The van der Waals surface area contributed by atoms with Crippen molar-refractivity contribution in [3.8, 4) is 11.5 Å². The number of carbonyl (C=O) groups is 2. The van der Waals surface area contributed by atoms with Gasteiger partial charge >= 0.3 is 0 Å². The van der Waals surface area contributed by atoms with E-state index >= 15 is 0 Å². The highest BCUT2D eigenvalue weighted by molar-refractivity contribution is 6.46. The number of likely N-dealkylation sites (tertiary alicyclic amines) is 1. The molecule has 0 spiro atoms. The number of halogens is 1. The van der Waals surface area contributed by atoms with Gasteiger partial charge in [0.25, 0.3) is 11.7 Å². The molecule has 194 valence electrons. The Bertz CT molecular complexity index is 1100. The van der Waals surface area contributed by atoms with E-state index in [1.807, 2.05) is 13.8 Å². The number of unbranched alkanes of at least 4 members (excludes halogenated alkanes) is 1. The number of aliphatic hydroxyl groups is 1. The Hall–Kier alpha value is -3.39. The number of hydrogen-bond acceptors (Lipinski definition) is 6. The molecule has 1 saturated heterocycles. The molecule has 36 heavy (non-hydrogen) atoms. The standard InChI is InChI=1S/C28H35FN2O5/c1-5-8-17-36-21-12-9-19(10-13-21)25-24(26(32)20-11-14-23(35-4)22(29)18-20)27(33)28(34)31(25)16-15-30(6-2)7-3/h9-14,18,25,32H,5-8,15-17H2,1-4H3/t25-/m0/s1. The minimum absolute atomic E-state index is 0.0152. The summed E-state index contributed by atoms with van der Waals surface area (Å²) in [4.78, 5) is 29.9. The molecule has 1 aliphatic heterocycles. The average Bonchev–Trinajstić information content (AvgIpc) is 3.14. The quantitative estimate of drug-likeness (QED) is 0.196. The molecule has 1 aliphatic rings. The Morgan fingerprint density at radius 1 is 1.08 bits per heavy atom. The molecule has 7 nitrogen and oxygen atoms in total. The average molecular weight is 499 g/mol. The van der Waals surface area contributed by atoms with Gasteiger partial charge in [0, 0.05) is 18.7 Å². The fraction of sp³-hybridized carbons (Fsp3) is 0.429. The fourth-order valence-corrected chi connectivity index (χ4v) is 4.30. The first-order chi connectivity index (χ1) is 17.4. The van der Waals surface area contributed by atoms with E-state index < -0.39 is 29.3 Å². The number of methoxy groups -OCH3 is 1. The van der Waals surface area contributed by atoms with Crippen molar-refractivity contribution in [2.75, 3.05) is 39.9 Å². The van der Waals surface area contributed by atoms with E-state index in [2.05, 4.69) is 11.8 Å². The van der Waals surface area contributed by atoms with Crippen LogP contribution >= 0.6 is 0 Å². The van der Waals surface area contributed by atoms with Gasteiger partial charge in [0.1, 0.15) is 11.5 Å². The van der Waals surface area contributed by atoms with Crippen LogP contribution in [0.25, 0.3) is 5.76 Å². The molecule has 0 aliphatic carbocycles. The van der Waals surface area contributed by atoms with Crippen molar-refractivity contribution in [2.24, 2.45) is 0 Å². The molecule has 1 fully saturated rings. The van der Waals surface area contributed by atoms with Crippen LogP contribution in [0.5, 0.6) is 11.5 Å². The topological polar surface area (TPSA) is 79.3 Å². The van der Waals surface area contributed by atoms with Gasteiger partial charge in [0.05, 0.1) is 25.3 Å². The number of hydrogen-bond donors (Lipinski definition) is 1. The van der Waals surface area contributed by atoms with Crippen molar-refractivity contribution in [1.82, 2.24) is 9.80 Å². The third kappa shape index (κ3) is 5.87. The lowest BCUT2D eigenvalue weighted by atomic mass is 9.95. The van der Waals surface area contributed by atoms with E-state index in [9.17, 15) is 19.1 Å². The molecule has 2 aromatic rings. The zero-order valence-electron chi connectivity index (χ0n) is 21.4. The van der Waals surface area contributed by atoms with Crippen molar-refractivity contribution >= 4 is 17.4 Å². The smallest absolute Gasteiger partial charge is 0.295 e. The van der Waals surface area contributed by atoms with Crippen LogP contribution in [-0.2, 0) is 9.59 Å². The highest BCUT2D eigenvalue weighted by atomic mass is 19.1. The summed E-state index contributed by atoms with van der Waals surface area (Å²) in [5, 5.41) is 11.2. The molecular formula is C28H35FN2O5. The molecular weight excluding hydrogens is 463 g/mol. The molecule has 3 rings (SSSR count). The van der Waals surface area contributed by atoms with Crippen LogP contribution in [0.15, 0.2) is 48.0 Å². The lowest BCUT2D eigenvalue weighted by Gasteiger charge is -2.28. The van der Waals surface area contributed by atoms with Crippen molar-refractivity contribution < 1.29 is 28.6 Å². The maximum absolute atomic E-state index is 14.4. The third-order valence-electron chi connectivity index (χ3n) is 6.48. The normalized spacial score (nSPS) is 17.2. The van der Waals surface area contributed by atoms with E-state index in [1.165, 1.54) is 24.1 Å². The number of likely N-dealkylation sites (N-methyl/N-ethyl adjacent to an activating group) is 1. The summed E-state index contributed by atoms with van der Waals surface area (Å²) in [5.41, 5.74) is 0.690. The molecule has 1 N–H and O–H groups in total. The SMILES string of the molecule is CCCCOc1ccc([C@H]2C(=C(O)c3ccc(OC)c(F)c3)C(=O)C(=O)N2CCN(CC)CC)cc1. The van der Waals surface area contributed by atoms with Crippen molar-refractivity contribution in [3.05, 3.63) is 65.0 Å².